The molecule has 0 spiro atoms. The maximum absolute atomic E-state index is 12.6. The quantitative estimate of drug-likeness (QED) is 0.878. The van der Waals surface area contributed by atoms with E-state index in [1.807, 2.05) is 38.1 Å². The zero-order valence-electron chi connectivity index (χ0n) is 13.1. The lowest BCUT2D eigenvalue weighted by Crippen LogP contribution is -2.27. The molecule has 1 aromatic carbocycles. The molecule has 0 saturated heterocycles. The van der Waals surface area contributed by atoms with Crippen LogP contribution in [0.2, 0.25) is 0 Å². The summed E-state index contributed by atoms with van der Waals surface area (Å²) < 4.78 is 0. The number of benzene rings is 1. The Bertz CT molecular complexity index is 714. The van der Waals surface area contributed by atoms with Crippen LogP contribution >= 0.6 is 0 Å². The molecule has 2 aromatic rings. The molecule has 0 atom stereocenters. The van der Waals surface area contributed by atoms with Crippen LogP contribution in [0.15, 0.2) is 24.3 Å². The summed E-state index contributed by atoms with van der Waals surface area (Å²) in [6, 6.07) is 7.75. The number of nitrogens with zero attached hydrogens (tertiary/aromatic N) is 1. The smallest absolute Gasteiger partial charge is 0.274 e. The molecule has 0 fully saturated rings. The highest BCUT2D eigenvalue weighted by Gasteiger charge is 2.22. The maximum Gasteiger partial charge on any atom is 0.274 e. The molecule has 21 heavy (non-hydrogen) atoms. The van der Waals surface area contributed by atoms with E-state index in [9.17, 15) is 9.59 Å². The van der Waals surface area contributed by atoms with Gasteiger partial charge in [0.15, 0.2) is 5.78 Å². The Balaban J connectivity index is 2.41. The second-order valence-corrected chi connectivity index (χ2v) is 5.38. The van der Waals surface area contributed by atoms with Crippen molar-refractivity contribution < 1.29 is 9.59 Å². The van der Waals surface area contributed by atoms with Gasteiger partial charge in [0, 0.05) is 24.0 Å². The molecule has 1 aromatic heterocycles. The van der Waals surface area contributed by atoms with E-state index in [0.29, 0.717) is 16.8 Å². The number of rotatable bonds is 3. The van der Waals surface area contributed by atoms with Crippen molar-refractivity contribution in [1.29, 1.82) is 0 Å². The second kappa shape index (κ2) is 5.56. The number of aromatic nitrogens is 1. The minimum atomic E-state index is -0.145. The SMILES string of the molecule is CC(=O)c1c(C)[nH]c(C(=O)N(C)c2cccc(C)c2)c1C. The molecule has 0 radical (unpaired) electrons. The van der Waals surface area contributed by atoms with Crippen LogP contribution in [0.25, 0.3) is 0 Å². The first-order valence-electron chi connectivity index (χ1n) is 6.87. The molecular weight excluding hydrogens is 264 g/mol. The van der Waals surface area contributed by atoms with Crippen molar-refractivity contribution in [3.8, 4) is 0 Å². The third-order valence-electron chi connectivity index (χ3n) is 3.70. The first kappa shape index (κ1) is 15.0. The van der Waals surface area contributed by atoms with Gasteiger partial charge in [-0.25, -0.2) is 0 Å². The fourth-order valence-electron chi connectivity index (χ4n) is 2.61. The highest BCUT2D eigenvalue weighted by Crippen LogP contribution is 2.22. The number of Topliss-reactive ketones (excluding diaryl/α,β-unsaturated/α-hetero) is 1. The monoisotopic (exact) mass is 284 g/mol. The van der Waals surface area contributed by atoms with E-state index in [1.54, 1.807) is 18.9 Å². The molecule has 2 rings (SSSR count). The summed E-state index contributed by atoms with van der Waals surface area (Å²) >= 11 is 0. The molecular formula is C17H20N2O2. The standard InChI is InChI=1S/C17H20N2O2/c1-10-7-6-8-14(9-10)19(5)17(21)16-11(2)15(13(4)20)12(3)18-16/h6-9,18H,1-5H3. The lowest BCUT2D eigenvalue weighted by molar-refractivity contribution is 0.0987. The molecule has 0 saturated carbocycles. The zero-order valence-corrected chi connectivity index (χ0v) is 13.1. The summed E-state index contributed by atoms with van der Waals surface area (Å²) in [6.45, 7) is 7.12. The number of H-pyrrole nitrogens is 1. The third-order valence-corrected chi connectivity index (χ3v) is 3.70. The van der Waals surface area contributed by atoms with Crippen LogP contribution in [0, 0.1) is 20.8 Å². The van der Waals surface area contributed by atoms with Gasteiger partial charge in [-0.3, -0.25) is 9.59 Å². The molecule has 1 N–H and O–H groups in total. The third kappa shape index (κ3) is 2.75. The zero-order chi connectivity index (χ0) is 15.7. The first-order valence-corrected chi connectivity index (χ1v) is 6.87. The summed E-state index contributed by atoms with van der Waals surface area (Å²) in [5, 5.41) is 0. The number of hydrogen-bond donors (Lipinski definition) is 1. The van der Waals surface area contributed by atoms with Crippen LogP contribution < -0.4 is 4.90 Å². The van der Waals surface area contributed by atoms with Crippen LogP contribution in [0.3, 0.4) is 0 Å². The van der Waals surface area contributed by atoms with Gasteiger partial charge in [0.05, 0.1) is 0 Å². The highest BCUT2D eigenvalue weighted by molar-refractivity contribution is 6.08. The number of anilines is 1. The van der Waals surface area contributed by atoms with E-state index >= 15 is 0 Å². The van der Waals surface area contributed by atoms with Crippen LogP contribution in [0.5, 0.6) is 0 Å². The first-order chi connectivity index (χ1) is 9.82. The predicted octanol–water partition coefficient (Wildman–Crippen LogP) is 3.42. The minimum Gasteiger partial charge on any atom is -0.354 e. The number of amides is 1. The van der Waals surface area contributed by atoms with Crippen molar-refractivity contribution in [2.75, 3.05) is 11.9 Å². The van der Waals surface area contributed by atoms with Gasteiger partial charge in [0.2, 0.25) is 0 Å². The Kier molecular flexibility index (Phi) is 3.98. The maximum atomic E-state index is 12.6. The summed E-state index contributed by atoms with van der Waals surface area (Å²) in [6.07, 6.45) is 0. The highest BCUT2D eigenvalue weighted by atomic mass is 16.2. The van der Waals surface area contributed by atoms with Gasteiger partial charge in [-0.15, -0.1) is 0 Å². The molecule has 1 amide bonds. The molecule has 110 valence electrons. The number of aromatic amines is 1. The number of aryl methyl sites for hydroxylation is 2. The van der Waals surface area contributed by atoms with E-state index in [1.165, 1.54) is 6.92 Å². The van der Waals surface area contributed by atoms with Gasteiger partial charge in [0.1, 0.15) is 5.69 Å². The number of hydrogen-bond acceptors (Lipinski definition) is 2. The average Bonchev–Trinajstić information content (AvgIpc) is 2.72. The molecule has 4 heteroatoms. The minimum absolute atomic E-state index is 0.0292. The molecule has 0 aliphatic carbocycles. The van der Waals surface area contributed by atoms with Gasteiger partial charge < -0.3 is 9.88 Å². The van der Waals surface area contributed by atoms with E-state index in [-0.39, 0.29) is 11.7 Å². The number of nitrogens with one attached hydrogen (secondary N) is 1. The second-order valence-electron chi connectivity index (χ2n) is 5.38. The van der Waals surface area contributed by atoms with E-state index < -0.39 is 0 Å². The van der Waals surface area contributed by atoms with Gasteiger partial charge >= 0.3 is 0 Å². The van der Waals surface area contributed by atoms with Crippen molar-refractivity contribution in [3.05, 3.63) is 52.3 Å². The van der Waals surface area contributed by atoms with Crippen molar-refractivity contribution in [2.24, 2.45) is 0 Å². The van der Waals surface area contributed by atoms with Gasteiger partial charge in [-0.05, 0) is 51.0 Å². The predicted molar refractivity (Wildman–Crippen MR) is 84.2 cm³/mol. The van der Waals surface area contributed by atoms with Gasteiger partial charge in [-0.2, -0.15) is 0 Å². The lowest BCUT2D eigenvalue weighted by atomic mass is 10.1. The fraction of sp³-hybridized carbons (Fsp3) is 0.294. The van der Waals surface area contributed by atoms with Crippen LogP contribution in [-0.2, 0) is 0 Å². The normalized spacial score (nSPS) is 10.5. The average molecular weight is 284 g/mol. The summed E-state index contributed by atoms with van der Waals surface area (Å²) in [5.41, 5.74) is 4.45. The molecule has 0 bridgehead atoms. The van der Waals surface area contributed by atoms with E-state index in [0.717, 1.165) is 16.9 Å². The molecule has 0 unspecified atom stereocenters. The molecule has 0 aliphatic rings. The Labute approximate surface area is 124 Å². The lowest BCUT2D eigenvalue weighted by Gasteiger charge is -2.17. The molecule has 0 aliphatic heterocycles. The number of carbonyl (C=O) groups is 2. The summed E-state index contributed by atoms with van der Waals surface area (Å²) in [7, 11) is 1.74. The Morgan fingerprint density at radius 1 is 1.14 bits per heavy atom. The van der Waals surface area contributed by atoms with Crippen molar-refractivity contribution in [1.82, 2.24) is 4.98 Å². The van der Waals surface area contributed by atoms with E-state index in [2.05, 4.69) is 4.98 Å². The topological polar surface area (TPSA) is 53.2 Å². The number of carbonyl (C=O) groups excluding carboxylic acids is 2. The molecule has 1 heterocycles. The largest absolute Gasteiger partial charge is 0.354 e. The van der Waals surface area contributed by atoms with Crippen LogP contribution in [-0.4, -0.2) is 23.7 Å². The van der Waals surface area contributed by atoms with Crippen molar-refractivity contribution in [2.45, 2.75) is 27.7 Å². The van der Waals surface area contributed by atoms with Crippen molar-refractivity contribution in [3.63, 3.8) is 0 Å². The van der Waals surface area contributed by atoms with Gasteiger partial charge in [0.25, 0.3) is 5.91 Å². The summed E-state index contributed by atoms with van der Waals surface area (Å²) in [5.74, 6) is -0.174. The van der Waals surface area contributed by atoms with Crippen LogP contribution in [0.1, 0.15) is 44.6 Å². The Hall–Kier alpha value is -2.36. The van der Waals surface area contributed by atoms with Crippen LogP contribution in [0.4, 0.5) is 5.69 Å². The van der Waals surface area contributed by atoms with Gasteiger partial charge in [-0.1, -0.05) is 12.1 Å². The fourth-order valence-corrected chi connectivity index (χ4v) is 2.61. The van der Waals surface area contributed by atoms with E-state index in [4.69, 9.17) is 0 Å². The van der Waals surface area contributed by atoms with Crippen molar-refractivity contribution >= 4 is 17.4 Å². The summed E-state index contributed by atoms with van der Waals surface area (Å²) in [4.78, 5) is 29.0. The Morgan fingerprint density at radius 2 is 1.81 bits per heavy atom. The Morgan fingerprint density at radius 3 is 2.33 bits per heavy atom. The molecule has 4 nitrogen and oxygen atoms in total. The number of ketones is 1.